The molecule has 9 heteroatoms. The highest BCUT2D eigenvalue weighted by molar-refractivity contribution is 7.57. The maximum absolute atomic E-state index is 12.0. The minimum Gasteiger partial charge on any atom is -0.462 e. The van der Waals surface area contributed by atoms with E-state index in [1.54, 1.807) is 12.1 Å². The summed E-state index contributed by atoms with van der Waals surface area (Å²) in [7, 11) is -3.03. The Morgan fingerprint density at radius 3 is 2.59 bits per heavy atom. The van der Waals surface area contributed by atoms with Crippen molar-refractivity contribution in [1.82, 2.24) is 0 Å². The van der Waals surface area contributed by atoms with Crippen molar-refractivity contribution >= 4 is 36.7 Å². The molecule has 0 heterocycles. The van der Waals surface area contributed by atoms with Crippen molar-refractivity contribution in [1.29, 1.82) is 0 Å². The molecule has 1 amide bonds. The molecule has 0 bridgehead atoms. The van der Waals surface area contributed by atoms with Gasteiger partial charge < -0.3 is 14.4 Å². The molecule has 0 radical (unpaired) electrons. The molecule has 1 aromatic carbocycles. The SMILES string of the molecule is CP(=O)(O)CCCc1ccc(Cl)c(NC(=O)OCCOC(=O)C2CCCCC2)c1. The molecule has 1 saturated carbocycles. The number of hydrogen-bond acceptors (Lipinski definition) is 5. The molecule has 1 aliphatic rings. The summed E-state index contributed by atoms with van der Waals surface area (Å²) in [6, 6.07) is 5.18. The topological polar surface area (TPSA) is 102 Å². The molecule has 0 aliphatic heterocycles. The monoisotopic (exact) mass is 445 g/mol. The molecular weight excluding hydrogens is 417 g/mol. The quantitative estimate of drug-likeness (QED) is 0.320. The zero-order valence-electron chi connectivity index (χ0n) is 16.7. The van der Waals surface area contributed by atoms with E-state index in [4.69, 9.17) is 21.1 Å². The molecule has 1 aliphatic carbocycles. The van der Waals surface area contributed by atoms with Gasteiger partial charge in [-0.2, -0.15) is 0 Å². The summed E-state index contributed by atoms with van der Waals surface area (Å²) in [5.74, 6) is -0.254. The maximum Gasteiger partial charge on any atom is 0.411 e. The van der Waals surface area contributed by atoms with Crippen molar-refractivity contribution in [3.63, 3.8) is 0 Å². The predicted octanol–water partition coefficient (Wildman–Crippen LogP) is 4.84. The van der Waals surface area contributed by atoms with Crippen molar-refractivity contribution in [2.45, 2.75) is 44.9 Å². The van der Waals surface area contributed by atoms with Crippen molar-refractivity contribution in [2.24, 2.45) is 5.92 Å². The van der Waals surface area contributed by atoms with Crippen LogP contribution in [-0.2, 0) is 25.3 Å². The van der Waals surface area contributed by atoms with E-state index in [0.29, 0.717) is 23.6 Å². The Bertz CT molecular complexity index is 744. The first-order chi connectivity index (χ1) is 13.7. The van der Waals surface area contributed by atoms with E-state index in [-0.39, 0.29) is 31.3 Å². The average Bonchev–Trinajstić information content (AvgIpc) is 2.67. The summed E-state index contributed by atoms with van der Waals surface area (Å²) in [6.45, 7) is 1.32. The van der Waals surface area contributed by atoms with E-state index >= 15 is 0 Å². The van der Waals surface area contributed by atoms with Crippen LogP contribution in [0.15, 0.2) is 18.2 Å². The normalized spacial score (nSPS) is 16.7. The summed E-state index contributed by atoms with van der Waals surface area (Å²) >= 11 is 6.11. The largest absolute Gasteiger partial charge is 0.462 e. The van der Waals surface area contributed by atoms with Gasteiger partial charge in [0.2, 0.25) is 0 Å². The fraction of sp³-hybridized carbons (Fsp3) is 0.600. The fourth-order valence-electron chi connectivity index (χ4n) is 3.28. The van der Waals surface area contributed by atoms with Gasteiger partial charge in [-0.1, -0.05) is 36.9 Å². The molecule has 0 spiro atoms. The van der Waals surface area contributed by atoms with Crippen LogP contribution in [0.25, 0.3) is 0 Å². The summed E-state index contributed by atoms with van der Waals surface area (Å²) in [4.78, 5) is 33.3. The third kappa shape index (κ3) is 9.20. The number of aryl methyl sites for hydroxylation is 1. The first kappa shape index (κ1) is 23.7. The van der Waals surface area contributed by atoms with Crippen LogP contribution >= 0.6 is 19.0 Å². The van der Waals surface area contributed by atoms with Gasteiger partial charge in [0.15, 0.2) is 7.37 Å². The molecule has 7 nitrogen and oxygen atoms in total. The number of esters is 1. The third-order valence-electron chi connectivity index (χ3n) is 4.81. The van der Waals surface area contributed by atoms with Gasteiger partial charge in [0.05, 0.1) is 16.6 Å². The molecular formula is C20H29ClNO6P. The summed E-state index contributed by atoms with van der Waals surface area (Å²) in [6.07, 6.45) is 5.70. The second kappa shape index (κ2) is 11.6. The Kier molecular flexibility index (Phi) is 9.47. The van der Waals surface area contributed by atoms with Gasteiger partial charge in [-0.3, -0.25) is 14.7 Å². The number of carbonyl (C=O) groups excluding carboxylic acids is 2. The zero-order chi connectivity index (χ0) is 21.3. The molecule has 1 unspecified atom stereocenters. The molecule has 2 rings (SSSR count). The number of nitrogens with one attached hydrogen (secondary N) is 1. The van der Waals surface area contributed by atoms with E-state index in [1.165, 1.54) is 6.66 Å². The number of halogens is 1. The van der Waals surface area contributed by atoms with Crippen LogP contribution in [-0.4, -0.2) is 43.0 Å². The summed E-state index contributed by atoms with van der Waals surface area (Å²) < 4.78 is 21.6. The lowest BCUT2D eigenvalue weighted by atomic mass is 9.89. The Morgan fingerprint density at radius 2 is 1.90 bits per heavy atom. The maximum atomic E-state index is 12.0. The average molecular weight is 446 g/mol. The van der Waals surface area contributed by atoms with Gasteiger partial charge in [-0.15, -0.1) is 0 Å². The van der Waals surface area contributed by atoms with Crippen LogP contribution in [0.5, 0.6) is 0 Å². The lowest BCUT2D eigenvalue weighted by Gasteiger charge is -2.19. The molecule has 29 heavy (non-hydrogen) atoms. The smallest absolute Gasteiger partial charge is 0.411 e. The Morgan fingerprint density at radius 1 is 1.21 bits per heavy atom. The van der Waals surface area contributed by atoms with Crippen molar-refractivity contribution < 1.29 is 28.5 Å². The van der Waals surface area contributed by atoms with Gasteiger partial charge in [-0.25, -0.2) is 4.79 Å². The highest BCUT2D eigenvalue weighted by Gasteiger charge is 2.22. The third-order valence-corrected chi connectivity index (χ3v) is 6.28. The zero-order valence-corrected chi connectivity index (χ0v) is 18.3. The number of rotatable bonds is 9. The molecule has 1 atom stereocenters. The Hall–Kier alpha value is -1.56. The van der Waals surface area contributed by atoms with Crippen LogP contribution in [0.3, 0.4) is 0 Å². The van der Waals surface area contributed by atoms with Gasteiger partial charge in [-0.05, 0) is 43.4 Å². The number of anilines is 1. The lowest BCUT2D eigenvalue weighted by molar-refractivity contribution is -0.150. The van der Waals surface area contributed by atoms with E-state index < -0.39 is 13.5 Å². The van der Waals surface area contributed by atoms with E-state index in [1.807, 2.05) is 6.07 Å². The van der Waals surface area contributed by atoms with Crippen molar-refractivity contribution in [3.05, 3.63) is 28.8 Å². The van der Waals surface area contributed by atoms with Crippen LogP contribution in [0.4, 0.5) is 10.5 Å². The highest BCUT2D eigenvalue weighted by Crippen LogP contribution is 2.36. The first-order valence-electron chi connectivity index (χ1n) is 9.93. The summed E-state index contributed by atoms with van der Waals surface area (Å²) in [5.41, 5.74) is 1.29. The number of amides is 1. The number of ether oxygens (including phenoxy) is 2. The molecule has 0 saturated heterocycles. The molecule has 0 aromatic heterocycles. The van der Waals surface area contributed by atoms with Crippen LogP contribution < -0.4 is 5.32 Å². The molecule has 162 valence electrons. The second-order valence-corrected chi connectivity index (χ2v) is 10.4. The number of carbonyl (C=O) groups is 2. The van der Waals surface area contributed by atoms with Gasteiger partial charge >= 0.3 is 12.1 Å². The first-order valence-corrected chi connectivity index (χ1v) is 12.6. The second-order valence-electron chi connectivity index (χ2n) is 7.46. The number of benzene rings is 1. The minimum absolute atomic E-state index is 0.0226. The minimum atomic E-state index is -3.03. The van der Waals surface area contributed by atoms with E-state index in [0.717, 1.165) is 37.7 Å². The van der Waals surface area contributed by atoms with Crippen molar-refractivity contribution in [3.8, 4) is 0 Å². The predicted molar refractivity (Wildman–Crippen MR) is 113 cm³/mol. The van der Waals surface area contributed by atoms with Gasteiger partial charge in [0, 0.05) is 12.8 Å². The van der Waals surface area contributed by atoms with Crippen LogP contribution in [0.2, 0.25) is 5.02 Å². The Labute approximate surface area is 176 Å². The van der Waals surface area contributed by atoms with Gasteiger partial charge in [0.1, 0.15) is 13.2 Å². The molecule has 2 N–H and O–H groups in total. The summed E-state index contributed by atoms with van der Waals surface area (Å²) in [5, 5.41) is 2.93. The van der Waals surface area contributed by atoms with Crippen molar-refractivity contribution in [2.75, 3.05) is 31.4 Å². The highest BCUT2D eigenvalue weighted by atomic mass is 35.5. The number of hydrogen-bond donors (Lipinski definition) is 2. The van der Waals surface area contributed by atoms with Crippen LogP contribution in [0.1, 0.15) is 44.1 Å². The standard InChI is InChI=1S/C20H29ClNO6P/c1-29(25,26)13-5-6-15-9-10-17(21)18(14-15)22-20(24)28-12-11-27-19(23)16-7-3-2-4-8-16/h9-10,14,16H,2-8,11-13H2,1H3,(H,22,24)(H,25,26). The lowest BCUT2D eigenvalue weighted by Crippen LogP contribution is -2.23. The van der Waals surface area contributed by atoms with Crippen LogP contribution in [0, 0.1) is 5.92 Å². The fourth-order valence-corrected chi connectivity index (χ4v) is 4.19. The molecule has 1 aromatic rings. The van der Waals surface area contributed by atoms with E-state index in [2.05, 4.69) is 5.32 Å². The Balaban J connectivity index is 1.72. The molecule has 1 fully saturated rings. The van der Waals surface area contributed by atoms with Gasteiger partial charge in [0.25, 0.3) is 0 Å². The van der Waals surface area contributed by atoms with E-state index in [9.17, 15) is 19.0 Å².